The smallest absolute Gasteiger partial charge is 0.322 e. The lowest BCUT2D eigenvalue weighted by Gasteiger charge is -2.36. The zero-order valence-corrected chi connectivity index (χ0v) is 19.3. The van der Waals surface area contributed by atoms with Crippen LogP contribution in [0.15, 0.2) is 36.5 Å². The third-order valence-electron chi connectivity index (χ3n) is 7.60. The Morgan fingerprint density at radius 2 is 1.68 bits per heavy atom. The van der Waals surface area contributed by atoms with Crippen molar-refractivity contribution in [3.8, 4) is 0 Å². The molecule has 2 N–H and O–H groups in total. The molecule has 2 saturated heterocycles. The molecule has 2 aliphatic carbocycles. The normalized spacial score (nSPS) is 24.7. The Balaban J connectivity index is 1.12. The topological polar surface area (TPSA) is 94.6 Å². The first-order valence-electron chi connectivity index (χ1n) is 12.2. The molecule has 4 aliphatic rings. The minimum Gasteiger partial charge on any atom is -0.353 e. The highest BCUT2D eigenvalue weighted by Gasteiger charge is 2.43. The van der Waals surface area contributed by atoms with Crippen LogP contribution in [0.25, 0.3) is 0 Å². The third-order valence-corrected chi connectivity index (χ3v) is 7.60. The highest BCUT2D eigenvalue weighted by molar-refractivity contribution is 6.07. The maximum Gasteiger partial charge on any atom is 0.322 e. The number of urea groups is 1. The van der Waals surface area contributed by atoms with E-state index in [-0.39, 0.29) is 5.91 Å². The summed E-state index contributed by atoms with van der Waals surface area (Å²) in [6.07, 6.45) is 7.14. The highest BCUT2D eigenvalue weighted by Crippen LogP contribution is 2.47. The van der Waals surface area contributed by atoms with E-state index in [4.69, 9.17) is 4.98 Å². The molecular formula is C26H29N5O3. The van der Waals surface area contributed by atoms with Gasteiger partial charge in [0.05, 0.1) is 0 Å². The molecule has 1 atom stereocenters. The number of piperazine rings is 1. The lowest BCUT2D eigenvalue weighted by atomic mass is 9.91. The quantitative estimate of drug-likeness (QED) is 0.671. The Morgan fingerprint density at radius 3 is 2.26 bits per heavy atom. The summed E-state index contributed by atoms with van der Waals surface area (Å²) in [4.78, 5) is 45.9. The van der Waals surface area contributed by atoms with Crippen LogP contribution in [0.1, 0.15) is 71.5 Å². The number of nitrogens with zero attached hydrogens (tertiary/aromatic N) is 3. The van der Waals surface area contributed by atoms with E-state index in [0.717, 1.165) is 18.9 Å². The van der Waals surface area contributed by atoms with Crippen molar-refractivity contribution >= 4 is 23.7 Å². The molecule has 2 aliphatic heterocycles. The maximum atomic E-state index is 13.1. The van der Waals surface area contributed by atoms with E-state index in [1.807, 2.05) is 4.90 Å². The molecule has 8 nitrogen and oxygen atoms in total. The van der Waals surface area contributed by atoms with E-state index in [0.29, 0.717) is 36.1 Å². The Labute approximate surface area is 198 Å². The molecule has 0 spiro atoms. The number of imide groups is 1. The van der Waals surface area contributed by atoms with E-state index >= 15 is 0 Å². The number of rotatable bonds is 5. The van der Waals surface area contributed by atoms with Crippen LogP contribution in [0.3, 0.4) is 0 Å². The second kappa shape index (κ2) is 7.82. The Morgan fingerprint density at radius 1 is 1.00 bits per heavy atom. The summed E-state index contributed by atoms with van der Waals surface area (Å²) in [5.41, 5.74) is 2.90. The fraction of sp³-hybridized carbons (Fsp3) is 0.462. The Kier molecular flexibility index (Phi) is 4.86. The number of carbonyl (C=O) groups is 3. The Hall–Kier alpha value is -3.42. The predicted octanol–water partition coefficient (Wildman–Crippen LogP) is 2.85. The molecule has 8 heteroatoms. The van der Waals surface area contributed by atoms with Crippen LogP contribution in [0.2, 0.25) is 0 Å². The molecule has 1 aromatic carbocycles. The number of pyridine rings is 1. The second-order valence-electron chi connectivity index (χ2n) is 10.1. The summed E-state index contributed by atoms with van der Waals surface area (Å²) in [5, 5.41) is 4.92. The van der Waals surface area contributed by atoms with Crippen molar-refractivity contribution < 1.29 is 14.4 Å². The van der Waals surface area contributed by atoms with Crippen molar-refractivity contribution in [2.24, 2.45) is 0 Å². The average Bonchev–Trinajstić information content (AvgIpc) is 3.77. The molecular weight excluding hydrogens is 430 g/mol. The van der Waals surface area contributed by atoms with Gasteiger partial charge in [0.2, 0.25) is 0 Å². The summed E-state index contributed by atoms with van der Waals surface area (Å²) >= 11 is 0. The van der Waals surface area contributed by atoms with Crippen LogP contribution in [0.4, 0.5) is 10.6 Å². The van der Waals surface area contributed by atoms with Crippen molar-refractivity contribution in [3.63, 3.8) is 0 Å². The van der Waals surface area contributed by atoms with Crippen molar-refractivity contribution in [2.75, 3.05) is 31.1 Å². The van der Waals surface area contributed by atoms with Crippen LogP contribution < -0.4 is 15.5 Å². The van der Waals surface area contributed by atoms with E-state index in [9.17, 15) is 14.4 Å². The minimum atomic E-state index is -1.12. The van der Waals surface area contributed by atoms with Gasteiger partial charge < -0.3 is 15.1 Å². The first-order chi connectivity index (χ1) is 16.4. The number of nitrogens with one attached hydrogen (secondary N) is 2. The number of amides is 4. The molecule has 4 amide bonds. The number of anilines is 1. The van der Waals surface area contributed by atoms with E-state index < -0.39 is 17.5 Å². The lowest BCUT2D eigenvalue weighted by Crippen LogP contribution is -2.49. The van der Waals surface area contributed by atoms with Crippen molar-refractivity contribution in [3.05, 3.63) is 58.8 Å². The van der Waals surface area contributed by atoms with Crippen LogP contribution in [0, 0.1) is 0 Å². The largest absolute Gasteiger partial charge is 0.353 e. The fourth-order valence-corrected chi connectivity index (χ4v) is 5.09. The minimum absolute atomic E-state index is 0.0179. The zero-order chi connectivity index (χ0) is 23.4. The third kappa shape index (κ3) is 3.71. The van der Waals surface area contributed by atoms with Gasteiger partial charge in [-0.25, -0.2) is 9.78 Å². The second-order valence-corrected chi connectivity index (χ2v) is 10.1. The van der Waals surface area contributed by atoms with E-state index in [2.05, 4.69) is 27.8 Å². The molecule has 34 heavy (non-hydrogen) atoms. The van der Waals surface area contributed by atoms with Crippen molar-refractivity contribution in [2.45, 2.75) is 50.0 Å². The van der Waals surface area contributed by atoms with Crippen molar-refractivity contribution in [1.82, 2.24) is 20.5 Å². The molecule has 176 valence electrons. The molecule has 4 fully saturated rings. The predicted molar refractivity (Wildman–Crippen MR) is 127 cm³/mol. The van der Waals surface area contributed by atoms with Gasteiger partial charge in [-0.1, -0.05) is 18.2 Å². The van der Waals surface area contributed by atoms with Gasteiger partial charge in [-0.05, 0) is 73.3 Å². The number of aromatic nitrogens is 1. The molecule has 6 rings (SSSR count). The average molecular weight is 460 g/mol. The first kappa shape index (κ1) is 21.1. The summed E-state index contributed by atoms with van der Waals surface area (Å²) < 4.78 is 0. The zero-order valence-electron chi connectivity index (χ0n) is 19.3. The molecule has 0 bridgehead atoms. The van der Waals surface area contributed by atoms with E-state index in [1.165, 1.54) is 36.8 Å². The fourth-order valence-electron chi connectivity index (χ4n) is 5.09. The monoisotopic (exact) mass is 459 g/mol. The maximum absolute atomic E-state index is 13.1. The molecule has 0 unspecified atom stereocenters. The van der Waals surface area contributed by atoms with E-state index in [1.54, 1.807) is 31.2 Å². The molecule has 2 saturated carbocycles. The van der Waals surface area contributed by atoms with Gasteiger partial charge in [-0.3, -0.25) is 14.9 Å². The van der Waals surface area contributed by atoms with Gasteiger partial charge in [-0.2, -0.15) is 0 Å². The SMILES string of the molecule is C[C@]1(c2ccc(C(=O)N3CCN(c4ncc(C5CC5)cc4C4CC4)CC3)cc2)NC(=O)NC1=O. The number of hydrogen-bond donors (Lipinski definition) is 2. The lowest BCUT2D eigenvalue weighted by molar-refractivity contribution is -0.123. The number of hydrogen-bond acceptors (Lipinski definition) is 5. The summed E-state index contributed by atoms with van der Waals surface area (Å²) in [6.45, 7) is 4.48. The van der Waals surface area contributed by atoms with Crippen LogP contribution in [0.5, 0.6) is 0 Å². The van der Waals surface area contributed by atoms with Crippen LogP contribution >= 0.6 is 0 Å². The van der Waals surface area contributed by atoms with Crippen LogP contribution in [-0.2, 0) is 10.3 Å². The van der Waals surface area contributed by atoms with Gasteiger partial charge in [0.25, 0.3) is 11.8 Å². The van der Waals surface area contributed by atoms with Gasteiger partial charge in [0.1, 0.15) is 11.4 Å². The van der Waals surface area contributed by atoms with Crippen molar-refractivity contribution in [1.29, 1.82) is 0 Å². The molecule has 3 heterocycles. The highest BCUT2D eigenvalue weighted by atomic mass is 16.2. The standard InChI is InChI=1S/C26H29N5O3/c1-26(24(33)28-25(34)29-26)20-8-6-18(7-9-20)23(32)31-12-10-30(11-13-31)22-21(17-4-5-17)14-19(15-27-22)16-2-3-16/h6-9,14-17H,2-5,10-13H2,1H3,(H2,28,29,33,34)/t26-/m1/s1. The van der Waals surface area contributed by atoms with Crippen LogP contribution in [-0.4, -0.2) is 53.9 Å². The molecule has 1 aromatic heterocycles. The Bertz CT molecular complexity index is 1160. The van der Waals surface area contributed by atoms with Gasteiger partial charge in [-0.15, -0.1) is 0 Å². The van der Waals surface area contributed by atoms with Gasteiger partial charge >= 0.3 is 6.03 Å². The molecule has 0 radical (unpaired) electrons. The summed E-state index contributed by atoms with van der Waals surface area (Å²) in [7, 11) is 0. The summed E-state index contributed by atoms with van der Waals surface area (Å²) in [6, 6.07) is 8.83. The number of benzene rings is 1. The number of carbonyl (C=O) groups excluding carboxylic acids is 3. The molecule has 2 aromatic rings. The summed E-state index contributed by atoms with van der Waals surface area (Å²) in [5.74, 6) is 2.05. The first-order valence-corrected chi connectivity index (χ1v) is 12.2. The van der Waals surface area contributed by atoms with Gasteiger partial charge in [0.15, 0.2) is 0 Å². The van der Waals surface area contributed by atoms with Gasteiger partial charge in [0, 0.05) is 37.9 Å².